The molecule has 0 bridgehead atoms. The molecule has 0 heterocycles. The Morgan fingerprint density at radius 2 is 1.90 bits per heavy atom. The molecule has 3 N–H and O–H groups in total. The van der Waals surface area contributed by atoms with Gasteiger partial charge >= 0.3 is 0 Å². The molecule has 4 nitrogen and oxygen atoms in total. The van der Waals surface area contributed by atoms with E-state index in [1.807, 2.05) is 12.1 Å². The topological polar surface area (TPSA) is 72.2 Å². The Kier molecular flexibility index (Phi) is 8.59. The maximum atomic E-state index is 11.7. The van der Waals surface area contributed by atoms with E-state index in [0.717, 1.165) is 12.1 Å². The molecule has 116 valence electrons. The first kappa shape index (κ1) is 17.6. The maximum absolute atomic E-state index is 11.7. The molecule has 1 rings (SSSR count). The van der Waals surface area contributed by atoms with Gasteiger partial charge in [0.2, 0.25) is 11.8 Å². The largest absolute Gasteiger partial charge is 0.369 e. The first-order valence-electron chi connectivity index (χ1n) is 7.36. The van der Waals surface area contributed by atoms with Gasteiger partial charge in [0.05, 0.1) is 5.75 Å². The van der Waals surface area contributed by atoms with Gasteiger partial charge in [-0.15, -0.1) is 0 Å². The van der Waals surface area contributed by atoms with E-state index in [1.54, 1.807) is 0 Å². The van der Waals surface area contributed by atoms with E-state index in [2.05, 4.69) is 24.4 Å². The number of thioether (sulfide) groups is 1. The third-order valence-electron chi connectivity index (χ3n) is 3.02. The van der Waals surface area contributed by atoms with E-state index >= 15 is 0 Å². The first-order valence-corrected chi connectivity index (χ1v) is 8.52. The Labute approximate surface area is 130 Å². The highest BCUT2D eigenvalue weighted by molar-refractivity contribution is 7.99. The second-order valence-corrected chi connectivity index (χ2v) is 6.08. The second-order valence-electron chi connectivity index (χ2n) is 4.97. The molecule has 0 aliphatic heterocycles. The summed E-state index contributed by atoms with van der Waals surface area (Å²) in [7, 11) is 0. The molecule has 5 heteroatoms. The lowest BCUT2D eigenvalue weighted by molar-refractivity contribution is -0.116. The van der Waals surface area contributed by atoms with Crippen LogP contribution in [0.2, 0.25) is 0 Å². The zero-order valence-corrected chi connectivity index (χ0v) is 13.4. The number of rotatable bonds is 10. The maximum Gasteiger partial charge on any atom is 0.227 e. The van der Waals surface area contributed by atoms with Crippen LogP contribution in [0.1, 0.15) is 38.2 Å². The van der Waals surface area contributed by atoms with Crippen molar-refractivity contribution in [3.8, 4) is 0 Å². The van der Waals surface area contributed by atoms with E-state index in [9.17, 15) is 9.59 Å². The lowest BCUT2D eigenvalue weighted by Gasteiger charge is -2.06. The highest BCUT2D eigenvalue weighted by Crippen LogP contribution is 2.13. The number of hydrogen-bond acceptors (Lipinski definition) is 3. The zero-order valence-electron chi connectivity index (χ0n) is 12.6. The lowest BCUT2D eigenvalue weighted by atomic mass is 10.1. The molecule has 2 amide bonds. The number of nitrogens with two attached hydrogens (primary N) is 1. The molecule has 1 aromatic rings. The SMILES string of the molecule is CCCCCc1ccc(NC(=O)CCSCC(N)=O)cc1. The van der Waals surface area contributed by atoms with E-state index in [4.69, 9.17) is 5.73 Å². The molecule has 0 aliphatic rings. The quantitative estimate of drug-likeness (QED) is 0.653. The summed E-state index contributed by atoms with van der Waals surface area (Å²) < 4.78 is 0. The minimum Gasteiger partial charge on any atom is -0.369 e. The molecule has 0 atom stereocenters. The van der Waals surface area contributed by atoms with Crippen molar-refractivity contribution in [3.05, 3.63) is 29.8 Å². The van der Waals surface area contributed by atoms with Gasteiger partial charge in [0.1, 0.15) is 0 Å². The van der Waals surface area contributed by atoms with Gasteiger partial charge < -0.3 is 11.1 Å². The number of anilines is 1. The minimum atomic E-state index is -0.348. The highest BCUT2D eigenvalue weighted by atomic mass is 32.2. The molecular weight excluding hydrogens is 284 g/mol. The number of unbranched alkanes of at least 4 members (excludes halogenated alkanes) is 2. The lowest BCUT2D eigenvalue weighted by Crippen LogP contribution is -2.15. The van der Waals surface area contributed by atoms with Crippen LogP contribution in [0.3, 0.4) is 0 Å². The molecule has 0 spiro atoms. The molecular formula is C16H24N2O2S. The van der Waals surface area contributed by atoms with Crippen LogP contribution in [0.25, 0.3) is 0 Å². The number of carbonyl (C=O) groups excluding carboxylic acids is 2. The fraction of sp³-hybridized carbons (Fsp3) is 0.500. The van der Waals surface area contributed by atoms with Crippen molar-refractivity contribution in [2.24, 2.45) is 5.73 Å². The van der Waals surface area contributed by atoms with Gasteiger partial charge in [0.15, 0.2) is 0 Å². The fourth-order valence-electron chi connectivity index (χ4n) is 1.89. The Balaban J connectivity index is 2.27. The van der Waals surface area contributed by atoms with E-state index in [0.29, 0.717) is 12.2 Å². The summed E-state index contributed by atoms with van der Waals surface area (Å²) in [5.41, 5.74) is 7.15. The molecule has 0 radical (unpaired) electrons. The van der Waals surface area contributed by atoms with Gasteiger partial charge in [-0.3, -0.25) is 9.59 Å². The highest BCUT2D eigenvalue weighted by Gasteiger charge is 2.03. The average molecular weight is 308 g/mol. The number of carbonyl (C=O) groups is 2. The number of hydrogen-bond donors (Lipinski definition) is 2. The number of benzene rings is 1. The van der Waals surface area contributed by atoms with E-state index in [-0.39, 0.29) is 17.6 Å². The summed E-state index contributed by atoms with van der Waals surface area (Å²) >= 11 is 1.38. The van der Waals surface area contributed by atoms with Crippen LogP contribution in [0, 0.1) is 0 Å². The summed E-state index contributed by atoms with van der Waals surface area (Å²) in [6.07, 6.45) is 5.16. The zero-order chi connectivity index (χ0) is 15.5. The van der Waals surface area contributed by atoms with Crippen LogP contribution in [0.4, 0.5) is 5.69 Å². The molecule has 0 unspecified atom stereocenters. The van der Waals surface area contributed by atoms with Crippen molar-refractivity contribution in [3.63, 3.8) is 0 Å². The molecule has 21 heavy (non-hydrogen) atoms. The predicted molar refractivity (Wildman–Crippen MR) is 89.4 cm³/mol. The summed E-state index contributed by atoms with van der Waals surface area (Å²) in [5.74, 6) is 0.480. The van der Waals surface area contributed by atoms with E-state index < -0.39 is 0 Å². The van der Waals surface area contributed by atoms with Crippen molar-refractivity contribution >= 4 is 29.3 Å². The monoisotopic (exact) mass is 308 g/mol. The summed E-state index contributed by atoms with van der Waals surface area (Å²) in [6, 6.07) is 8.01. The molecule has 0 saturated heterocycles. The van der Waals surface area contributed by atoms with Crippen LogP contribution in [-0.2, 0) is 16.0 Å². The standard InChI is InChI=1S/C16H24N2O2S/c1-2-3-4-5-13-6-8-14(9-7-13)18-16(20)10-11-21-12-15(17)19/h6-9H,2-5,10-12H2,1H3,(H2,17,19)(H,18,20). The van der Waals surface area contributed by atoms with Crippen LogP contribution in [0.5, 0.6) is 0 Å². The smallest absolute Gasteiger partial charge is 0.227 e. The van der Waals surface area contributed by atoms with Gasteiger partial charge in [-0.25, -0.2) is 0 Å². The van der Waals surface area contributed by atoms with Crippen molar-refractivity contribution < 1.29 is 9.59 Å². The van der Waals surface area contributed by atoms with Crippen molar-refractivity contribution in [2.45, 2.75) is 39.0 Å². The Hall–Kier alpha value is -1.49. The molecule has 0 fully saturated rings. The minimum absolute atomic E-state index is 0.0364. The Morgan fingerprint density at radius 1 is 1.19 bits per heavy atom. The van der Waals surface area contributed by atoms with Gasteiger partial charge in [0, 0.05) is 17.9 Å². The molecule has 1 aromatic carbocycles. The average Bonchev–Trinajstić information content (AvgIpc) is 2.45. The van der Waals surface area contributed by atoms with Crippen LogP contribution < -0.4 is 11.1 Å². The third kappa shape index (κ3) is 8.40. The predicted octanol–water partition coefficient (Wildman–Crippen LogP) is 2.97. The summed E-state index contributed by atoms with van der Waals surface area (Å²) in [4.78, 5) is 22.3. The normalized spacial score (nSPS) is 10.3. The molecule has 0 aliphatic carbocycles. The molecule has 0 saturated carbocycles. The number of amides is 2. The van der Waals surface area contributed by atoms with Crippen LogP contribution in [-0.4, -0.2) is 23.3 Å². The van der Waals surface area contributed by atoms with Crippen molar-refractivity contribution in [1.29, 1.82) is 0 Å². The summed E-state index contributed by atoms with van der Waals surface area (Å²) in [5, 5.41) is 2.86. The van der Waals surface area contributed by atoms with Gasteiger partial charge in [0.25, 0.3) is 0 Å². The Bertz CT molecular complexity index is 446. The second kappa shape index (κ2) is 10.3. The van der Waals surface area contributed by atoms with Gasteiger partial charge in [-0.05, 0) is 30.5 Å². The molecule has 0 aromatic heterocycles. The fourth-order valence-corrected chi connectivity index (χ4v) is 2.57. The van der Waals surface area contributed by atoms with Crippen molar-refractivity contribution in [2.75, 3.05) is 16.8 Å². The number of nitrogens with one attached hydrogen (secondary N) is 1. The first-order chi connectivity index (χ1) is 10.1. The van der Waals surface area contributed by atoms with E-state index in [1.165, 1.54) is 36.6 Å². The van der Waals surface area contributed by atoms with Gasteiger partial charge in [-0.2, -0.15) is 11.8 Å². The van der Waals surface area contributed by atoms with Gasteiger partial charge in [-0.1, -0.05) is 31.9 Å². The van der Waals surface area contributed by atoms with Crippen molar-refractivity contribution in [1.82, 2.24) is 0 Å². The van der Waals surface area contributed by atoms with Crippen LogP contribution >= 0.6 is 11.8 Å². The Morgan fingerprint density at radius 3 is 2.52 bits per heavy atom. The number of aryl methyl sites for hydroxylation is 1. The third-order valence-corrected chi connectivity index (χ3v) is 4.01. The summed E-state index contributed by atoms with van der Waals surface area (Å²) in [6.45, 7) is 2.19. The number of primary amides is 1. The van der Waals surface area contributed by atoms with Crippen LogP contribution in [0.15, 0.2) is 24.3 Å².